The third-order valence-corrected chi connectivity index (χ3v) is 2.83. The van der Waals surface area contributed by atoms with Gasteiger partial charge >= 0.3 is 0 Å². The van der Waals surface area contributed by atoms with Crippen molar-refractivity contribution < 1.29 is 4.52 Å². The number of hydrogen-bond donors (Lipinski definition) is 0. The first-order valence-corrected chi connectivity index (χ1v) is 5.62. The third-order valence-electron chi connectivity index (χ3n) is 1.22. The average Bonchev–Trinajstić information content (AvgIpc) is 2.10. The van der Waals surface area contributed by atoms with E-state index in [1.165, 1.54) is 0 Å². The molecule has 0 saturated carbocycles. The summed E-state index contributed by atoms with van der Waals surface area (Å²) in [6.07, 6.45) is 3.30. The third kappa shape index (κ3) is 6.63. The van der Waals surface area contributed by atoms with Crippen molar-refractivity contribution in [1.82, 2.24) is 0 Å². The van der Waals surface area contributed by atoms with Crippen LogP contribution in [0.4, 0.5) is 0 Å². The molecule has 0 saturated heterocycles. The monoisotopic (exact) mass is 208 g/mol. The van der Waals surface area contributed by atoms with Crippen molar-refractivity contribution >= 4 is 17.5 Å². The summed E-state index contributed by atoms with van der Waals surface area (Å²) < 4.78 is 8.98. The number of azide groups is 1. The maximum absolute atomic E-state index is 8.11. The molecule has 0 radical (unpaired) electrons. The van der Waals surface area contributed by atoms with E-state index in [0.717, 1.165) is 19.3 Å². The van der Waals surface area contributed by atoms with Crippen LogP contribution in [0.3, 0.4) is 0 Å². The first-order valence-electron chi connectivity index (χ1n) is 3.81. The van der Waals surface area contributed by atoms with Gasteiger partial charge < -0.3 is 4.52 Å². The van der Waals surface area contributed by atoms with Crippen LogP contribution in [-0.4, -0.2) is 6.61 Å². The molecule has 0 amide bonds. The molecule has 0 aromatic heterocycles. The molecule has 0 aromatic rings. The van der Waals surface area contributed by atoms with Crippen molar-refractivity contribution in [1.29, 1.82) is 0 Å². The van der Waals surface area contributed by atoms with Crippen LogP contribution in [0.2, 0.25) is 0 Å². The van der Waals surface area contributed by atoms with Gasteiger partial charge in [0, 0.05) is 4.91 Å². The molecule has 0 aliphatic carbocycles. The molecule has 2 atom stereocenters. The maximum Gasteiger partial charge on any atom is 0.163 e. The number of unbranched alkanes of at least 4 members (excludes halogenated alkanes) is 2. The standard InChI is InChI=1S/C5H14N4OP2/c1-2-3-4-5-10-12(9-11)8-7-6/h12H,2-5,11H2,1H3. The van der Waals surface area contributed by atoms with Crippen LogP contribution < -0.4 is 0 Å². The normalized spacial score (nSPS) is 12.5. The predicted octanol–water partition coefficient (Wildman–Crippen LogP) is 3.52. The minimum absolute atomic E-state index is 0.638. The lowest BCUT2D eigenvalue weighted by Crippen LogP contribution is -1.84. The van der Waals surface area contributed by atoms with E-state index in [4.69, 9.17) is 10.1 Å². The van der Waals surface area contributed by atoms with E-state index in [0.29, 0.717) is 6.61 Å². The lowest BCUT2D eigenvalue weighted by molar-refractivity contribution is 0.343. The molecule has 70 valence electrons. The molecule has 0 aliphatic heterocycles. The summed E-state index contributed by atoms with van der Waals surface area (Å²) in [6.45, 7) is 2.76. The molecule has 0 N–H and O–H groups in total. The molecule has 5 nitrogen and oxygen atoms in total. The molecule has 2 unspecified atom stereocenters. The highest BCUT2D eigenvalue weighted by molar-refractivity contribution is 7.45. The summed E-state index contributed by atoms with van der Waals surface area (Å²) in [5, 5.41) is 0. The average molecular weight is 208 g/mol. The summed E-state index contributed by atoms with van der Waals surface area (Å²) in [4.78, 5) is 6.06. The van der Waals surface area contributed by atoms with E-state index >= 15 is 0 Å². The number of hydrogen-bond acceptors (Lipinski definition) is 2. The number of rotatable bonds is 6. The van der Waals surface area contributed by atoms with Gasteiger partial charge in [-0.2, -0.15) is 0 Å². The fourth-order valence-corrected chi connectivity index (χ4v) is 1.61. The van der Waals surface area contributed by atoms with Crippen molar-refractivity contribution in [2.75, 3.05) is 6.61 Å². The van der Waals surface area contributed by atoms with Gasteiger partial charge in [0.15, 0.2) is 8.09 Å². The molecule has 0 spiro atoms. The minimum Gasteiger partial charge on any atom is -0.341 e. The maximum atomic E-state index is 8.11. The van der Waals surface area contributed by atoms with Crippen LogP contribution in [0, 0.1) is 0 Å². The SMILES string of the molecule is CCCCCO/[PH](N=[N+]=[N-])=N/P. The van der Waals surface area contributed by atoms with Crippen LogP contribution in [0.15, 0.2) is 9.40 Å². The van der Waals surface area contributed by atoms with E-state index < -0.39 is 8.09 Å². The smallest absolute Gasteiger partial charge is 0.163 e. The van der Waals surface area contributed by atoms with Crippen molar-refractivity contribution in [3.8, 4) is 0 Å². The topological polar surface area (TPSA) is 70.3 Å². The van der Waals surface area contributed by atoms with E-state index in [9.17, 15) is 0 Å². The predicted molar refractivity (Wildman–Crippen MR) is 55.1 cm³/mol. The Kier molecular flexibility index (Phi) is 8.97. The zero-order valence-electron chi connectivity index (χ0n) is 7.10. The van der Waals surface area contributed by atoms with E-state index in [2.05, 4.69) is 30.6 Å². The van der Waals surface area contributed by atoms with Crippen LogP contribution >= 0.6 is 17.5 Å². The Labute approximate surface area is 75.4 Å². The van der Waals surface area contributed by atoms with E-state index in [1.54, 1.807) is 0 Å². The summed E-state index contributed by atoms with van der Waals surface area (Å²) >= 11 is 0. The second kappa shape index (κ2) is 9.02. The molecule has 7 heteroatoms. The zero-order chi connectivity index (χ0) is 9.23. The molecule has 12 heavy (non-hydrogen) atoms. The van der Waals surface area contributed by atoms with Crippen LogP contribution in [-0.2, 0) is 4.52 Å². The molecular formula is C5H14N4OP2. The zero-order valence-corrected chi connectivity index (χ0v) is 9.26. The van der Waals surface area contributed by atoms with Gasteiger partial charge in [0.25, 0.3) is 0 Å². The largest absolute Gasteiger partial charge is 0.341 e. The molecule has 0 rings (SSSR count). The van der Waals surface area contributed by atoms with E-state index in [-0.39, 0.29) is 0 Å². The molecule has 0 aromatic carbocycles. The van der Waals surface area contributed by atoms with Crippen molar-refractivity contribution in [2.24, 2.45) is 9.40 Å². The molecule has 0 aliphatic rings. The summed E-state index contributed by atoms with van der Waals surface area (Å²) in [6, 6.07) is 0. The first-order chi connectivity index (χ1) is 5.85. The molecule has 0 bridgehead atoms. The highest BCUT2D eigenvalue weighted by Crippen LogP contribution is 2.31. The van der Waals surface area contributed by atoms with Gasteiger partial charge in [0.05, 0.1) is 6.61 Å². The quantitative estimate of drug-likeness (QED) is 0.216. The summed E-state index contributed by atoms with van der Waals surface area (Å²) in [5.74, 6) is 0. The van der Waals surface area contributed by atoms with Gasteiger partial charge in [-0.15, -0.1) is 0 Å². The Balaban J connectivity index is 3.53. The Hall–Kier alpha value is -0.0700. The van der Waals surface area contributed by atoms with Gasteiger partial charge in [-0.3, -0.25) is 4.52 Å². The highest BCUT2D eigenvalue weighted by atomic mass is 31.1. The van der Waals surface area contributed by atoms with Crippen LogP contribution in [0.25, 0.3) is 10.4 Å². The van der Waals surface area contributed by atoms with Crippen LogP contribution in [0.5, 0.6) is 0 Å². The molecule has 0 heterocycles. The second-order valence-corrected chi connectivity index (χ2v) is 4.24. The van der Waals surface area contributed by atoms with Crippen molar-refractivity contribution in [3.05, 3.63) is 10.4 Å². The van der Waals surface area contributed by atoms with Crippen LogP contribution in [0.1, 0.15) is 26.2 Å². The Morgan fingerprint density at radius 1 is 1.58 bits per heavy atom. The highest BCUT2D eigenvalue weighted by Gasteiger charge is 1.91. The molecule has 0 fully saturated rings. The van der Waals surface area contributed by atoms with E-state index in [1.807, 2.05) is 0 Å². The Bertz CT molecular complexity index is 190. The van der Waals surface area contributed by atoms with Gasteiger partial charge in [-0.05, 0) is 26.2 Å². The second-order valence-electron chi connectivity index (χ2n) is 2.16. The van der Waals surface area contributed by atoms with Gasteiger partial charge in [0.1, 0.15) is 0 Å². The molecular weight excluding hydrogens is 194 g/mol. The fraction of sp³-hybridized carbons (Fsp3) is 1.00. The number of nitrogens with zero attached hydrogens (tertiary/aromatic N) is 4. The fourth-order valence-electron chi connectivity index (χ4n) is 0.646. The van der Waals surface area contributed by atoms with Gasteiger partial charge in [-0.25, -0.2) is 0 Å². The lowest BCUT2D eigenvalue weighted by Gasteiger charge is -2.01. The minimum atomic E-state index is -1.62. The van der Waals surface area contributed by atoms with Gasteiger partial charge in [-0.1, -0.05) is 19.8 Å². The Morgan fingerprint density at radius 3 is 2.83 bits per heavy atom. The summed E-state index contributed by atoms with van der Waals surface area (Å²) in [5.41, 5.74) is 8.11. The van der Waals surface area contributed by atoms with Crippen molar-refractivity contribution in [2.45, 2.75) is 26.2 Å². The Morgan fingerprint density at radius 2 is 2.33 bits per heavy atom. The van der Waals surface area contributed by atoms with Crippen molar-refractivity contribution in [3.63, 3.8) is 0 Å². The van der Waals surface area contributed by atoms with Gasteiger partial charge in [0.2, 0.25) is 0 Å². The first kappa shape index (κ1) is 11.9. The lowest BCUT2D eigenvalue weighted by atomic mass is 10.3. The summed E-state index contributed by atoms with van der Waals surface area (Å²) in [7, 11) is 0.551.